The average Bonchev–Trinajstić information content (AvgIpc) is 3.18. The van der Waals surface area contributed by atoms with Gasteiger partial charge in [-0.25, -0.2) is 4.68 Å². The van der Waals surface area contributed by atoms with Gasteiger partial charge >= 0.3 is 0 Å². The first-order valence-electron chi connectivity index (χ1n) is 6.55. The van der Waals surface area contributed by atoms with E-state index >= 15 is 0 Å². The maximum Gasteiger partial charge on any atom is 0.102 e. The molecule has 0 amide bonds. The van der Waals surface area contributed by atoms with E-state index in [0.717, 1.165) is 17.1 Å². The van der Waals surface area contributed by atoms with Crippen molar-refractivity contribution in [2.75, 3.05) is 11.9 Å². The van der Waals surface area contributed by atoms with Gasteiger partial charge in [0.2, 0.25) is 0 Å². The quantitative estimate of drug-likeness (QED) is 0.683. The Labute approximate surface area is 121 Å². The maximum atomic E-state index is 8.82. The van der Waals surface area contributed by atoms with Gasteiger partial charge in [0.1, 0.15) is 5.69 Å². The van der Waals surface area contributed by atoms with E-state index in [2.05, 4.69) is 25.8 Å². The number of hydrogen-bond donors (Lipinski definition) is 2. The summed E-state index contributed by atoms with van der Waals surface area (Å²) < 4.78 is 1.61. The monoisotopic (exact) mass is 285 g/mol. The maximum absolute atomic E-state index is 8.82. The van der Waals surface area contributed by atoms with Crippen LogP contribution in [0.2, 0.25) is 0 Å². The second-order valence-electron chi connectivity index (χ2n) is 4.42. The molecule has 2 N–H and O–H groups in total. The van der Waals surface area contributed by atoms with Crippen molar-refractivity contribution in [3.05, 3.63) is 48.5 Å². The normalized spacial score (nSPS) is 10.7. The van der Waals surface area contributed by atoms with E-state index in [4.69, 9.17) is 5.11 Å². The summed E-state index contributed by atoms with van der Waals surface area (Å²) in [7, 11) is 0. The Balaban J connectivity index is 1.60. The number of nitrogens with zero attached hydrogens (tertiary/aromatic N) is 6. The van der Waals surface area contributed by atoms with Crippen LogP contribution in [0, 0.1) is 0 Å². The van der Waals surface area contributed by atoms with Gasteiger partial charge in [0.15, 0.2) is 0 Å². The van der Waals surface area contributed by atoms with Crippen molar-refractivity contribution in [1.29, 1.82) is 0 Å². The fourth-order valence-corrected chi connectivity index (χ4v) is 1.89. The average molecular weight is 285 g/mol. The third-order valence-electron chi connectivity index (χ3n) is 2.91. The number of aliphatic hydroxyl groups is 1. The Bertz CT molecular complexity index is 675. The van der Waals surface area contributed by atoms with Gasteiger partial charge < -0.3 is 10.4 Å². The van der Waals surface area contributed by atoms with Gasteiger partial charge in [0.25, 0.3) is 0 Å². The summed E-state index contributed by atoms with van der Waals surface area (Å²) in [6.07, 6.45) is 5.09. The first-order valence-corrected chi connectivity index (χ1v) is 6.55. The minimum atomic E-state index is 0.0547. The largest absolute Gasteiger partial charge is 0.394 e. The Kier molecular flexibility index (Phi) is 3.88. The van der Waals surface area contributed by atoms with E-state index in [1.165, 1.54) is 0 Å². The van der Waals surface area contributed by atoms with Crippen LogP contribution in [0.25, 0.3) is 5.69 Å². The van der Waals surface area contributed by atoms with Crippen LogP contribution in [0.5, 0.6) is 0 Å². The lowest BCUT2D eigenvalue weighted by Crippen LogP contribution is -2.02. The van der Waals surface area contributed by atoms with Gasteiger partial charge in [0.05, 0.1) is 44.0 Å². The highest BCUT2D eigenvalue weighted by molar-refractivity contribution is 5.48. The molecule has 0 saturated carbocycles. The molecule has 108 valence electrons. The molecule has 0 radical (unpaired) electrons. The standard InChI is InChI=1S/C13H15N7O/c21-8-7-19-10-12(17-18-19)9-14-11-1-3-13(4-2-11)20-15-5-6-16-20/h1-6,10,14,21H,7-9H2. The number of hydrogen-bond acceptors (Lipinski definition) is 6. The zero-order chi connectivity index (χ0) is 14.5. The van der Waals surface area contributed by atoms with Crippen molar-refractivity contribution in [2.24, 2.45) is 0 Å². The zero-order valence-corrected chi connectivity index (χ0v) is 11.3. The van der Waals surface area contributed by atoms with Gasteiger partial charge in [0, 0.05) is 5.69 Å². The second-order valence-corrected chi connectivity index (χ2v) is 4.42. The molecule has 0 aliphatic carbocycles. The third-order valence-corrected chi connectivity index (χ3v) is 2.91. The van der Waals surface area contributed by atoms with E-state index < -0.39 is 0 Å². The summed E-state index contributed by atoms with van der Waals surface area (Å²) in [6, 6.07) is 7.78. The van der Waals surface area contributed by atoms with Gasteiger partial charge in [-0.3, -0.25) is 0 Å². The molecule has 8 heteroatoms. The molecule has 0 aliphatic heterocycles. The molecule has 8 nitrogen and oxygen atoms in total. The minimum absolute atomic E-state index is 0.0547. The zero-order valence-electron chi connectivity index (χ0n) is 11.3. The Hall–Kier alpha value is -2.74. The van der Waals surface area contributed by atoms with Crippen LogP contribution in [0.15, 0.2) is 42.9 Å². The molecule has 2 heterocycles. The van der Waals surface area contributed by atoms with Crippen molar-refractivity contribution in [3.63, 3.8) is 0 Å². The molecular weight excluding hydrogens is 270 g/mol. The van der Waals surface area contributed by atoms with Crippen LogP contribution in [0.3, 0.4) is 0 Å². The van der Waals surface area contributed by atoms with E-state index in [1.54, 1.807) is 21.9 Å². The molecular formula is C13H15N7O. The summed E-state index contributed by atoms with van der Waals surface area (Å²) in [6.45, 7) is 1.09. The summed E-state index contributed by atoms with van der Waals surface area (Å²) >= 11 is 0. The number of rotatable bonds is 6. The molecule has 0 spiro atoms. The Morgan fingerprint density at radius 2 is 1.86 bits per heavy atom. The Morgan fingerprint density at radius 3 is 2.57 bits per heavy atom. The van der Waals surface area contributed by atoms with Crippen molar-refractivity contribution < 1.29 is 5.11 Å². The van der Waals surface area contributed by atoms with Gasteiger partial charge in [-0.1, -0.05) is 5.21 Å². The van der Waals surface area contributed by atoms with Crippen LogP contribution < -0.4 is 5.32 Å². The van der Waals surface area contributed by atoms with Gasteiger partial charge in [-0.2, -0.15) is 15.0 Å². The highest BCUT2D eigenvalue weighted by Crippen LogP contribution is 2.12. The number of benzene rings is 1. The van der Waals surface area contributed by atoms with Crippen molar-refractivity contribution in [3.8, 4) is 5.69 Å². The van der Waals surface area contributed by atoms with E-state index in [0.29, 0.717) is 13.1 Å². The molecule has 0 fully saturated rings. The van der Waals surface area contributed by atoms with Crippen LogP contribution in [-0.4, -0.2) is 41.7 Å². The Morgan fingerprint density at radius 1 is 1.10 bits per heavy atom. The van der Waals surface area contributed by atoms with Gasteiger partial charge in [-0.05, 0) is 24.3 Å². The molecule has 2 aromatic heterocycles. The highest BCUT2D eigenvalue weighted by Gasteiger charge is 2.01. The van der Waals surface area contributed by atoms with E-state index in [-0.39, 0.29) is 6.61 Å². The summed E-state index contributed by atoms with van der Waals surface area (Å²) in [5.41, 5.74) is 2.70. The molecule has 1 aromatic carbocycles. The molecule has 0 atom stereocenters. The number of anilines is 1. The summed E-state index contributed by atoms with van der Waals surface area (Å²) in [5.74, 6) is 0. The third kappa shape index (κ3) is 3.23. The molecule has 0 bridgehead atoms. The van der Waals surface area contributed by atoms with Crippen molar-refractivity contribution >= 4 is 5.69 Å². The van der Waals surface area contributed by atoms with E-state index in [9.17, 15) is 0 Å². The van der Waals surface area contributed by atoms with Crippen LogP contribution in [-0.2, 0) is 13.1 Å². The first kappa shape index (κ1) is 13.3. The van der Waals surface area contributed by atoms with Crippen molar-refractivity contribution in [1.82, 2.24) is 30.0 Å². The SMILES string of the molecule is OCCn1cc(CNc2ccc(-n3nccn3)cc2)nn1. The molecule has 0 unspecified atom stereocenters. The van der Waals surface area contributed by atoms with E-state index in [1.807, 2.05) is 30.5 Å². The molecule has 3 rings (SSSR count). The highest BCUT2D eigenvalue weighted by atomic mass is 16.3. The molecule has 0 saturated heterocycles. The predicted molar refractivity (Wildman–Crippen MR) is 75.8 cm³/mol. The van der Waals surface area contributed by atoms with Crippen LogP contribution in [0.4, 0.5) is 5.69 Å². The van der Waals surface area contributed by atoms with Crippen LogP contribution in [0.1, 0.15) is 5.69 Å². The molecule has 21 heavy (non-hydrogen) atoms. The second kappa shape index (κ2) is 6.14. The molecule has 3 aromatic rings. The first-order chi connectivity index (χ1) is 10.3. The lowest BCUT2D eigenvalue weighted by atomic mass is 10.3. The lowest BCUT2D eigenvalue weighted by Gasteiger charge is -2.05. The van der Waals surface area contributed by atoms with Crippen molar-refractivity contribution in [2.45, 2.75) is 13.1 Å². The minimum Gasteiger partial charge on any atom is -0.394 e. The fourth-order valence-electron chi connectivity index (χ4n) is 1.89. The van der Waals surface area contributed by atoms with Gasteiger partial charge in [-0.15, -0.1) is 5.10 Å². The predicted octanol–water partition coefficient (Wildman–Crippen LogP) is 0.463. The lowest BCUT2D eigenvalue weighted by molar-refractivity contribution is 0.268. The smallest absolute Gasteiger partial charge is 0.102 e. The summed E-state index contributed by atoms with van der Waals surface area (Å²) in [5, 5.41) is 28.2. The number of aliphatic hydroxyl groups excluding tert-OH is 1. The van der Waals surface area contributed by atoms with Crippen LogP contribution >= 0.6 is 0 Å². The number of aromatic nitrogens is 6. The molecule has 0 aliphatic rings. The topological polar surface area (TPSA) is 93.7 Å². The number of nitrogens with one attached hydrogen (secondary N) is 1. The summed E-state index contributed by atoms with van der Waals surface area (Å²) in [4.78, 5) is 1.56. The fraction of sp³-hybridized carbons (Fsp3) is 0.231.